The van der Waals surface area contributed by atoms with Crippen LogP contribution in [0.2, 0.25) is 0 Å². The van der Waals surface area contributed by atoms with Crippen LogP contribution in [-0.4, -0.2) is 42.1 Å². The third-order valence-corrected chi connectivity index (χ3v) is 2.93. The lowest BCUT2D eigenvalue weighted by Gasteiger charge is -2.17. The summed E-state index contributed by atoms with van der Waals surface area (Å²) in [6, 6.07) is -0.851. The second kappa shape index (κ2) is 6.83. The minimum atomic E-state index is -0.887. The number of nitrogens with one attached hydrogen (secondary N) is 3. The van der Waals surface area contributed by atoms with Crippen LogP contribution in [0.3, 0.4) is 0 Å². The molecule has 102 valence electrons. The van der Waals surface area contributed by atoms with Crippen LogP contribution in [0.1, 0.15) is 26.2 Å². The smallest absolute Gasteiger partial charge is 0.315 e. The maximum absolute atomic E-state index is 11.5. The van der Waals surface area contributed by atoms with Crippen molar-refractivity contribution in [2.24, 2.45) is 5.92 Å². The molecule has 7 nitrogen and oxygen atoms in total. The first-order chi connectivity index (χ1) is 8.54. The van der Waals surface area contributed by atoms with Gasteiger partial charge in [0.2, 0.25) is 5.91 Å². The number of aliphatic carboxylic acids is 1. The molecule has 2 unspecified atom stereocenters. The van der Waals surface area contributed by atoms with E-state index in [1.54, 1.807) is 6.92 Å². The van der Waals surface area contributed by atoms with E-state index in [1.807, 2.05) is 0 Å². The molecule has 0 aromatic carbocycles. The Morgan fingerprint density at radius 1 is 1.22 bits per heavy atom. The number of hydrogen-bond acceptors (Lipinski definition) is 3. The van der Waals surface area contributed by atoms with Crippen LogP contribution >= 0.6 is 0 Å². The summed E-state index contributed by atoms with van der Waals surface area (Å²) in [5, 5.41) is 16.5. The van der Waals surface area contributed by atoms with Crippen molar-refractivity contribution in [2.45, 2.75) is 32.2 Å². The summed E-state index contributed by atoms with van der Waals surface area (Å²) >= 11 is 0. The summed E-state index contributed by atoms with van der Waals surface area (Å²) < 4.78 is 0. The third kappa shape index (κ3) is 4.23. The summed E-state index contributed by atoms with van der Waals surface area (Å²) in [5.74, 6) is -1.68. The molecule has 0 bridgehead atoms. The van der Waals surface area contributed by atoms with Gasteiger partial charge in [-0.25, -0.2) is 4.79 Å². The molecule has 18 heavy (non-hydrogen) atoms. The van der Waals surface area contributed by atoms with E-state index in [-0.39, 0.29) is 18.5 Å². The second-order valence-electron chi connectivity index (χ2n) is 4.26. The van der Waals surface area contributed by atoms with Crippen molar-refractivity contribution in [1.82, 2.24) is 16.0 Å². The van der Waals surface area contributed by atoms with E-state index in [9.17, 15) is 14.4 Å². The summed E-state index contributed by atoms with van der Waals surface area (Å²) in [5.41, 5.74) is 0. The van der Waals surface area contributed by atoms with Crippen LogP contribution < -0.4 is 16.0 Å². The molecule has 0 spiro atoms. The molecule has 0 aromatic heterocycles. The number of carbonyl (C=O) groups excluding carboxylic acids is 2. The molecule has 0 heterocycles. The SMILES string of the molecule is CCNC(=O)CNC(=O)NC1CCCC1C(=O)O. The van der Waals surface area contributed by atoms with Crippen molar-refractivity contribution >= 4 is 17.9 Å². The topological polar surface area (TPSA) is 108 Å². The normalized spacial score (nSPS) is 22.3. The first-order valence-electron chi connectivity index (χ1n) is 6.08. The highest BCUT2D eigenvalue weighted by Gasteiger charge is 2.33. The molecule has 0 radical (unpaired) electrons. The average Bonchev–Trinajstić information content (AvgIpc) is 2.75. The molecule has 1 aliphatic carbocycles. The fourth-order valence-electron chi connectivity index (χ4n) is 2.07. The number of likely N-dealkylation sites (N-methyl/N-ethyl adjacent to an activating group) is 1. The first-order valence-corrected chi connectivity index (χ1v) is 6.08. The Morgan fingerprint density at radius 2 is 1.94 bits per heavy atom. The minimum Gasteiger partial charge on any atom is -0.481 e. The molecule has 3 amide bonds. The zero-order valence-electron chi connectivity index (χ0n) is 10.4. The number of carbonyl (C=O) groups is 3. The third-order valence-electron chi connectivity index (χ3n) is 2.93. The molecule has 0 aromatic rings. The van der Waals surface area contributed by atoms with Crippen molar-refractivity contribution in [1.29, 1.82) is 0 Å². The number of urea groups is 1. The van der Waals surface area contributed by atoms with E-state index in [2.05, 4.69) is 16.0 Å². The molecule has 1 saturated carbocycles. The van der Waals surface area contributed by atoms with Crippen LogP contribution in [0.25, 0.3) is 0 Å². The molecule has 1 rings (SSSR count). The Labute approximate surface area is 105 Å². The maximum atomic E-state index is 11.5. The van der Waals surface area contributed by atoms with Crippen molar-refractivity contribution < 1.29 is 19.5 Å². The molecular weight excluding hydrogens is 238 g/mol. The van der Waals surface area contributed by atoms with Crippen molar-refractivity contribution in [2.75, 3.05) is 13.1 Å². The van der Waals surface area contributed by atoms with Gasteiger partial charge in [0.15, 0.2) is 0 Å². The van der Waals surface area contributed by atoms with E-state index in [0.717, 1.165) is 6.42 Å². The molecular formula is C11H19N3O4. The van der Waals surface area contributed by atoms with Crippen molar-refractivity contribution in [3.63, 3.8) is 0 Å². The van der Waals surface area contributed by atoms with E-state index in [1.165, 1.54) is 0 Å². The Morgan fingerprint density at radius 3 is 2.56 bits per heavy atom. The van der Waals surface area contributed by atoms with Gasteiger partial charge in [0.1, 0.15) is 0 Å². The fraction of sp³-hybridized carbons (Fsp3) is 0.727. The van der Waals surface area contributed by atoms with Gasteiger partial charge in [-0.3, -0.25) is 9.59 Å². The van der Waals surface area contributed by atoms with E-state index in [0.29, 0.717) is 19.4 Å². The number of rotatable bonds is 5. The van der Waals surface area contributed by atoms with Gasteiger partial charge < -0.3 is 21.1 Å². The lowest BCUT2D eigenvalue weighted by Crippen LogP contribution is -2.47. The van der Waals surface area contributed by atoms with Crippen LogP contribution in [-0.2, 0) is 9.59 Å². The monoisotopic (exact) mass is 257 g/mol. The maximum Gasteiger partial charge on any atom is 0.315 e. The van der Waals surface area contributed by atoms with Gasteiger partial charge in [-0.15, -0.1) is 0 Å². The largest absolute Gasteiger partial charge is 0.481 e. The number of carboxylic acid groups (broad SMARTS) is 1. The van der Waals surface area contributed by atoms with Crippen molar-refractivity contribution in [3.8, 4) is 0 Å². The Balaban J connectivity index is 2.31. The van der Waals surface area contributed by atoms with Gasteiger partial charge in [0.25, 0.3) is 0 Å². The summed E-state index contributed by atoms with van der Waals surface area (Å²) in [7, 11) is 0. The number of hydrogen-bond donors (Lipinski definition) is 4. The Hall–Kier alpha value is -1.79. The second-order valence-corrected chi connectivity index (χ2v) is 4.26. The van der Waals surface area contributed by atoms with Crippen LogP contribution in [0.5, 0.6) is 0 Å². The van der Waals surface area contributed by atoms with Gasteiger partial charge in [0.05, 0.1) is 12.5 Å². The summed E-state index contributed by atoms with van der Waals surface area (Å²) in [6.07, 6.45) is 2.03. The van der Waals surface area contributed by atoms with Gasteiger partial charge >= 0.3 is 12.0 Å². The van der Waals surface area contributed by atoms with Crippen LogP contribution in [0, 0.1) is 5.92 Å². The van der Waals surface area contributed by atoms with Gasteiger partial charge in [-0.05, 0) is 19.8 Å². The molecule has 2 atom stereocenters. The zero-order chi connectivity index (χ0) is 13.5. The number of amides is 3. The van der Waals surface area contributed by atoms with E-state index < -0.39 is 17.9 Å². The lowest BCUT2D eigenvalue weighted by molar-refractivity contribution is -0.142. The summed E-state index contributed by atoms with van der Waals surface area (Å²) in [4.78, 5) is 33.5. The highest BCUT2D eigenvalue weighted by atomic mass is 16.4. The highest BCUT2D eigenvalue weighted by molar-refractivity contribution is 5.84. The molecule has 4 N–H and O–H groups in total. The predicted octanol–water partition coefficient (Wildman–Crippen LogP) is -0.325. The Kier molecular flexibility index (Phi) is 5.41. The molecule has 1 fully saturated rings. The standard InChI is InChI=1S/C11H19N3O4/c1-2-12-9(15)6-13-11(18)14-8-5-3-4-7(8)10(16)17/h7-8H,2-6H2,1H3,(H,12,15)(H,16,17)(H2,13,14,18). The highest BCUT2D eigenvalue weighted by Crippen LogP contribution is 2.25. The van der Waals surface area contributed by atoms with E-state index in [4.69, 9.17) is 5.11 Å². The van der Waals surface area contributed by atoms with Crippen LogP contribution in [0.15, 0.2) is 0 Å². The molecule has 0 aliphatic heterocycles. The van der Waals surface area contributed by atoms with Crippen molar-refractivity contribution in [3.05, 3.63) is 0 Å². The van der Waals surface area contributed by atoms with Gasteiger partial charge in [-0.1, -0.05) is 6.42 Å². The minimum absolute atomic E-state index is 0.107. The Bertz CT molecular complexity index is 332. The first kappa shape index (κ1) is 14.3. The van der Waals surface area contributed by atoms with Crippen LogP contribution in [0.4, 0.5) is 4.79 Å². The predicted molar refractivity (Wildman–Crippen MR) is 64.0 cm³/mol. The lowest BCUT2D eigenvalue weighted by atomic mass is 10.0. The average molecular weight is 257 g/mol. The quantitative estimate of drug-likeness (QED) is 0.541. The summed E-state index contributed by atoms with van der Waals surface area (Å²) in [6.45, 7) is 2.18. The fourth-order valence-corrected chi connectivity index (χ4v) is 2.07. The van der Waals surface area contributed by atoms with Gasteiger partial charge in [-0.2, -0.15) is 0 Å². The molecule has 7 heteroatoms. The number of carboxylic acids is 1. The van der Waals surface area contributed by atoms with Gasteiger partial charge in [0, 0.05) is 12.6 Å². The molecule has 1 aliphatic rings. The zero-order valence-corrected chi connectivity index (χ0v) is 10.4. The van der Waals surface area contributed by atoms with E-state index >= 15 is 0 Å². The molecule has 0 saturated heterocycles.